The highest BCUT2D eigenvalue weighted by atomic mass is 19.1. The number of rotatable bonds is 7. The summed E-state index contributed by atoms with van der Waals surface area (Å²) in [5.41, 5.74) is 4.03. The molecule has 0 unspecified atom stereocenters. The zero-order valence-corrected chi connectivity index (χ0v) is 23.8. The lowest BCUT2D eigenvalue weighted by Gasteiger charge is -2.26. The van der Waals surface area contributed by atoms with Gasteiger partial charge in [-0.25, -0.2) is 8.78 Å². The molecule has 1 saturated heterocycles. The molecule has 220 valence electrons. The van der Waals surface area contributed by atoms with E-state index in [4.69, 9.17) is 0 Å². The van der Waals surface area contributed by atoms with Crippen LogP contribution in [0.4, 0.5) is 20.2 Å². The van der Waals surface area contributed by atoms with E-state index in [1.165, 1.54) is 30.3 Å². The second-order valence-corrected chi connectivity index (χ2v) is 10.5. The van der Waals surface area contributed by atoms with Crippen LogP contribution in [-0.2, 0) is 6.54 Å². The Hall–Kier alpha value is -5.05. The Morgan fingerprint density at radius 1 is 0.744 bits per heavy atom. The van der Waals surface area contributed by atoms with Gasteiger partial charge in [-0.15, -0.1) is 0 Å². The summed E-state index contributed by atoms with van der Waals surface area (Å²) in [5.74, 6) is -1.73. The van der Waals surface area contributed by atoms with Crippen LogP contribution < -0.4 is 15.5 Å². The zero-order valence-electron chi connectivity index (χ0n) is 23.8. The van der Waals surface area contributed by atoms with Crippen molar-refractivity contribution in [2.24, 2.45) is 0 Å². The van der Waals surface area contributed by atoms with Crippen LogP contribution in [0.15, 0.2) is 91.0 Å². The van der Waals surface area contributed by atoms with E-state index < -0.39 is 5.82 Å². The largest absolute Gasteiger partial charge is 0.369 e. The summed E-state index contributed by atoms with van der Waals surface area (Å²) in [5, 5.41) is 5.78. The topological polar surface area (TPSA) is 81.8 Å². The van der Waals surface area contributed by atoms with Gasteiger partial charge < -0.3 is 20.4 Å². The Morgan fingerprint density at radius 2 is 1.51 bits per heavy atom. The Balaban J connectivity index is 1.37. The first-order chi connectivity index (χ1) is 20.8. The molecule has 0 spiro atoms. The van der Waals surface area contributed by atoms with E-state index in [2.05, 4.69) is 10.6 Å². The van der Waals surface area contributed by atoms with Crippen molar-refractivity contribution >= 4 is 29.1 Å². The first kappa shape index (κ1) is 29.4. The summed E-state index contributed by atoms with van der Waals surface area (Å²) in [7, 11) is 0. The number of hydrogen-bond donors (Lipinski definition) is 2. The summed E-state index contributed by atoms with van der Waals surface area (Å²) in [6.45, 7) is 4.04. The van der Waals surface area contributed by atoms with E-state index in [0.29, 0.717) is 60.7 Å². The molecule has 0 aliphatic carbocycles. The van der Waals surface area contributed by atoms with Crippen LogP contribution in [0.3, 0.4) is 0 Å². The van der Waals surface area contributed by atoms with E-state index in [1.807, 2.05) is 24.0 Å². The summed E-state index contributed by atoms with van der Waals surface area (Å²) in [4.78, 5) is 43.2. The molecule has 43 heavy (non-hydrogen) atoms. The fourth-order valence-corrected chi connectivity index (χ4v) is 5.02. The molecule has 1 aliphatic rings. The van der Waals surface area contributed by atoms with Gasteiger partial charge in [-0.05, 0) is 79.6 Å². The van der Waals surface area contributed by atoms with Crippen LogP contribution in [-0.4, -0.2) is 48.8 Å². The van der Waals surface area contributed by atoms with Crippen LogP contribution in [0.1, 0.15) is 48.6 Å². The molecule has 0 saturated carbocycles. The molecular formula is C34H32F2N4O3. The lowest BCUT2D eigenvalue weighted by Crippen LogP contribution is -2.36. The minimum Gasteiger partial charge on any atom is -0.369 e. The third-order valence-electron chi connectivity index (χ3n) is 7.37. The number of benzene rings is 4. The van der Waals surface area contributed by atoms with Gasteiger partial charge in [0.2, 0.25) is 0 Å². The van der Waals surface area contributed by atoms with E-state index in [1.54, 1.807) is 53.4 Å². The number of halogens is 2. The van der Waals surface area contributed by atoms with Crippen molar-refractivity contribution < 1.29 is 23.2 Å². The van der Waals surface area contributed by atoms with Crippen molar-refractivity contribution in [3.8, 4) is 0 Å². The lowest BCUT2D eigenvalue weighted by molar-refractivity contribution is 0.0766. The number of carbonyl (C=O) groups excluding carboxylic acids is 3. The Kier molecular flexibility index (Phi) is 9.10. The van der Waals surface area contributed by atoms with Gasteiger partial charge in [0.25, 0.3) is 17.7 Å². The van der Waals surface area contributed by atoms with E-state index >= 15 is 0 Å². The first-order valence-corrected chi connectivity index (χ1v) is 14.1. The van der Waals surface area contributed by atoms with Crippen LogP contribution >= 0.6 is 0 Å². The maximum Gasteiger partial charge on any atom is 0.255 e. The average Bonchev–Trinajstić information content (AvgIpc) is 3.27. The van der Waals surface area contributed by atoms with Gasteiger partial charge in [0.1, 0.15) is 11.6 Å². The highest BCUT2D eigenvalue weighted by Crippen LogP contribution is 2.27. The molecular weight excluding hydrogens is 550 g/mol. The molecule has 1 heterocycles. The van der Waals surface area contributed by atoms with Crippen molar-refractivity contribution in [2.45, 2.75) is 19.9 Å². The van der Waals surface area contributed by atoms with Crippen LogP contribution in [0.25, 0.3) is 0 Å². The molecule has 0 atom stereocenters. The molecule has 0 radical (unpaired) electrons. The predicted molar refractivity (Wildman–Crippen MR) is 162 cm³/mol. The summed E-state index contributed by atoms with van der Waals surface area (Å²) in [6.07, 6.45) is 0.642. The quantitative estimate of drug-likeness (QED) is 0.288. The number of nitrogens with zero attached hydrogens (tertiary/aromatic N) is 2. The van der Waals surface area contributed by atoms with Crippen molar-refractivity contribution in [3.63, 3.8) is 0 Å². The number of anilines is 2. The number of carbonyl (C=O) groups is 3. The van der Waals surface area contributed by atoms with Crippen molar-refractivity contribution in [1.82, 2.24) is 10.2 Å². The van der Waals surface area contributed by atoms with Gasteiger partial charge in [-0.2, -0.15) is 0 Å². The fraction of sp³-hybridized carbons (Fsp3) is 0.206. The second kappa shape index (κ2) is 13.3. The summed E-state index contributed by atoms with van der Waals surface area (Å²) >= 11 is 0. The molecule has 9 heteroatoms. The predicted octanol–water partition coefficient (Wildman–Crippen LogP) is 5.81. The number of nitrogens with one attached hydrogen (secondary N) is 2. The molecule has 3 amide bonds. The Morgan fingerprint density at radius 3 is 2.26 bits per heavy atom. The SMILES string of the molecule is Cc1ccc(C(=O)Nc2ccc(N3CCCN(C(=O)c4cccc(F)c4)CC3)c(C(=O)NCc3ccc(F)cc3)c2)cc1. The molecule has 2 N–H and O–H groups in total. The van der Waals surface area contributed by atoms with Gasteiger partial charge in [-0.3, -0.25) is 14.4 Å². The monoisotopic (exact) mass is 582 g/mol. The minimum atomic E-state index is -0.465. The van der Waals surface area contributed by atoms with Crippen LogP contribution in [0, 0.1) is 18.6 Å². The van der Waals surface area contributed by atoms with Crippen LogP contribution in [0.2, 0.25) is 0 Å². The van der Waals surface area contributed by atoms with Gasteiger partial charge in [0.15, 0.2) is 0 Å². The highest BCUT2D eigenvalue weighted by Gasteiger charge is 2.24. The van der Waals surface area contributed by atoms with Crippen LogP contribution in [0.5, 0.6) is 0 Å². The molecule has 4 aromatic carbocycles. The maximum absolute atomic E-state index is 13.7. The first-order valence-electron chi connectivity index (χ1n) is 14.1. The highest BCUT2D eigenvalue weighted by molar-refractivity contribution is 6.06. The van der Waals surface area contributed by atoms with Gasteiger partial charge in [0.05, 0.1) is 5.56 Å². The average molecular weight is 583 g/mol. The molecule has 1 aliphatic heterocycles. The lowest BCUT2D eigenvalue weighted by atomic mass is 10.1. The molecule has 0 aromatic heterocycles. The minimum absolute atomic E-state index is 0.189. The van der Waals surface area contributed by atoms with Gasteiger partial charge in [-0.1, -0.05) is 35.9 Å². The molecule has 4 aromatic rings. The molecule has 5 rings (SSSR count). The van der Waals surface area contributed by atoms with Gasteiger partial charge in [0, 0.05) is 55.2 Å². The van der Waals surface area contributed by atoms with Crippen molar-refractivity contribution in [1.29, 1.82) is 0 Å². The standard InChI is InChI=1S/C34H32F2N4O3/c1-23-6-10-25(11-7-23)32(41)38-29-14-15-31(30(21-29)33(42)37-22-24-8-12-27(35)13-9-24)39-16-3-17-40(19-18-39)34(43)26-4-2-5-28(36)20-26/h2,4-15,20-21H,3,16-19,22H2,1H3,(H,37,42)(H,38,41). The summed E-state index contributed by atoms with van der Waals surface area (Å²) in [6, 6.07) is 23.9. The smallest absolute Gasteiger partial charge is 0.255 e. The normalized spacial score (nSPS) is 13.3. The van der Waals surface area contributed by atoms with Crippen molar-refractivity contribution in [3.05, 3.63) is 130 Å². The van der Waals surface area contributed by atoms with Gasteiger partial charge >= 0.3 is 0 Å². The second-order valence-electron chi connectivity index (χ2n) is 10.5. The molecule has 1 fully saturated rings. The summed E-state index contributed by atoms with van der Waals surface area (Å²) < 4.78 is 27.1. The van der Waals surface area contributed by atoms with E-state index in [-0.39, 0.29) is 30.1 Å². The van der Waals surface area contributed by atoms with E-state index in [0.717, 1.165) is 11.1 Å². The number of hydrogen-bond acceptors (Lipinski definition) is 4. The van der Waals surface area contributed by atoms with E-state index in [9.17, 15) is 23.2 Å². The molecule has 0 bridgehead atoms. The zero-order chi connectivity index (χ0) is 30.3. The third-order valence-corrected chi connectivity index (χ3v) is 7.37. The number of aryl methyl sites for hydroxylation is 1. The van der Waals surface area contributed by atoms with Crippen molar-refractivity contribution in [2.75, 3.05) is 36.4 Å². The molecule has 7 nitrogen and oxygen atoms in total. The Bertz CT molecular complexity index is 1620. The third kappa shape index (κ3) is 7.43. The maximum atomic E-state index is 13.7. The number of amides is 3. The Labute approximate surface area is 249 Å². The fourth-order valence-electron chi connectivity index (χ4n) is 5.02.